The van der Waals surface area contributed by atoms with Crippen molar-refractivity contribution in [1.82, 2.24) is 24.0 Å². The molecular weight excluding hydrogens is 342 g/mol. The Kier molecular flexibility index (Phi) is 9.05. The molecule has 0 aliphatic carbocycles. The summed E-state index contributed by atoms with van der Waals surface area (Å²) in [6, 6.07) is -0.371. The number of hydrogen-bond acceptors (Lipinski definition) is 5. The van der Waals surface area contributed by atoms with E-state index in [0.717, 1.165) is 30.4 Å². The van der Waals surface area contributed by atoms with Crippen LogP contribution in [0.1, 0.15) is 59.8 Å². The second-order valence-corrected chi connectivity index (χ2v) is 7.72. The van der Waals surface area contributed by atoms with Gasteiger partial charge in [0.15, 0.2) is 0 Å². The lowest BCUT2D eigenvalue weighted by Crippen LogP contribution is -2.35. The molecule has 0 fully saturated rings. The lowest BCUT2D eigenvalue weighted by atomic mass is 10.2. The van der Waals surface area contributed by atoms with Gasteiger partial charge in [-0.3, -0.25) is 0 Å². The van der Waals surface area contributed by atoms with Crippen LogP contribution in [0, 0.1) is 0 Å². The van der Waals surface area contributed by atoms with Crippen LogP contribution in [-0.4, -0.2) is 64.6 Å². The maximum atomic E-state index is 12.8. The predicted molar refractivity (Wildman–Crippen MR) is 96.9 cm³/mol. The maximum Gasteiger partial charge on any atom is 0.346 e. The Balaban J connectivity index is 2.93. The molecule has 0 radical (unpaired) electrons. The summed E-state index contributed by atoms with van der Waals surface area (Å²) in [6.07, 6.45) is 5.88. The van der Waals surface area contributed by atoms with Crippen molar-refractivity contribution in [1.29, 1.82) is 0 Å². The monoisotopic (exact) mass is 373 g/mol. The molecule has 1 aromatic rings. The number of carbonyl (C=O) groups is 1. The first-order valence-electron chi connectivity index (χ1n) is 9.13. The largest absolute Gasteiger partial charge is 0.346 e. The van der Waals surface area contributed by atoms with Crippen LogP contribution in [0.15, 0.2) is 11.5 Å². The summed E-state index contributed by atoms with van der Waals surface area (Å²) in [7, 11) is -3.78. The summed E-state index contributed by atoms with van der Waals surface area (Å²) in [6.45, 7) is 9.69. The van der Waals surface area contributed by atoms with Gasteiger partial charge >= 0.3 is 6.03 Å². The predicted octanol–water partition coefficient (Wildman–Crippen LogP) is 2.57. The quantitative estimate of drug-likeness (QED) is 0.556. The Hall–Kier alpha value is -1.48. The highest BCUT2D eigenvalue weighted by atomic mass is 32.2. The normalized spacial score (nSPS) is 11.9. The molecule has 8 nitrogen and oxygen atoms in total. The zero-order chi connectivity index (χ0) is 18.9. The van der Waals surface area contributed by atoms with Crippen LogP contribution < -0.4 is 0 Å². The van der Waals surface area contributed by atoms with Crippen molar-refractivity contribution < 1.29 is 13.2 Å². The highest BCUT2D eigenvalue weighted by Crippen LogP contribution is 2.14. The van der Waals surface area contributed by atoms with E-state index in [1.54, 1.807) is 4.90 Å². The number of hydrogen-bond donors (Lipinski definition) is 0. The third kappa shape index (κ3) is 5.78. The van der Waals surface area contributed by atoms with Gasteiger partial charge in [0.2, 0.25) is 0 Å². The van der Waals surface area contributed by atoms with Crippen molar-refractivity contribution in [3.63, 3.8) is 0 Å². The molecule has 1 heterocycles. The Labute approximate surface area is 151 Å². The van der Waals surface area contributed by atoms with E-state index in [4.69, 9.17) is 0 Å². The van der Waals surface area contributed by atoms with Gasteiger partial charge in [0.05, 0.1) is 0 Å². The lowest BCUT2D eigenvalue weighted by Gasteiger charge is -2.19. The zero-order valence-corrected chi connectivity index (χ0v) is 16.6. The molecule has 25 heavy (non-hydrogen) atoms. The molecule has 0 bridgehead atoms. The van der Waals surface area contributed by atoms with E-state index in [-0.39, 0.29) is 11.2 Å². The van der Waals surface area contributed by atoms with Crippen LogP contribution in [0.4, 0.5) is 4.79 Å². The third-order valence-corrected chi connectivity index (χ3v) is 5.70. The van der Waals surface area contributed by atoms with Gasteiger partial charge in [-0.1, -0.05) is 33.1 Å². The van der Waals surface area contributed by atoms with Gasteiger partial charge in [-0.15, -0.1) is 5.10 Å². The van der Waals surface area contributed by atoms with E-state index < -0.39 is 10.0 Å². The Morgan fingerprint density at radius 3 is 2.28 bits per heavy atom. The molecule has 144 valence electrons. The van der Waals surface area contributed by atoms with Crippen LogP contribution in [0.2, 0.25) is 0 Å². The second-order valence-electron chi connectivity index (χ2n) is 5.89. The molecule has 1 aromatic heterocycles. The summed E-state index contributed by atoms with van der Waals surface area (Å²) in [5, 5.41) is 3.62. The van der Waals surface area contributed by atoms with Crippen molar-refractivity contribution in [3.05, 3.63) is 6.33 Å². The van der Waals surface area contributed by atoms with Crippen LogP contribution in [0.25, 0.3) is 0 Å². The maximum absolute atomic E-state index is 12.8. The number of carbonyl (C=O) groups excluding carboxylic acids is 1. The van der Waals surface area contributed by atoms with Gasteiger partial charge in [0.25, 0.3) is 15.2 Å². The third-order valence-electron chi connectivity index (χ3n) is 4.01. The van der Waals surface area contributed by atoms with Crippen molar-refractivity contribution in [3.8, 4) is 0 Å². The smallest absolute Gasteiger partial charge is 0.323 e. The summed E-state index contributed by atoms with van der Waals surface area (Å²) < 4.78 is 28.0. The molecule has 0 N–H and O–H groups in total. The van der Waals surface area contributed by atoms with Crippen LogP contribution in [-0.2, 0) is 10.0 Å². The molecule has 0 saturated carbocycles. The van der Waals surface area contributed by atoms with E-state index in [0.29, 0.717) is 32.6 Å². The minimum Gasteiger partial charge on any atom is -0.323 e. The van der Waals surface area contributed by atoms with Gasteiger partial charge in [-0.25, -0.2) is 18.2 Å². The topological polar surface area (TPSA) is 88.4 Å². The van der Waals surface area contributed by atoms with Crippen molar-refractivity contribution in [2.24, 2.45) is 0 Å². The average Bonchev–Trinajstić information content (AvgIpc) is 3.09. The summed E-state index contributed by atoms with van der Waals surface area (Å²) in [4.78, 5) is 17.7. The highest BCUT2D eigenvalue weighted by molar-refractivity contribution is 7.88. The van der Waals surface area contributed by atoms with E-state index in [9.17, 15) is 13.2 Å². The molecule has 1 rings (SSSR count). The molecule has 0 aliphatic heterocycles. The first-order chi connectivity index (χ1) is 11.9. The van der Waals surface area contributed by atoms with E-state index in [2.05, 4.69) is 17.0 Å². The van der Waals surface area contributed by atoms with E-state index in [1.165, 1.54) is 10.6 Å². The molecule has 0 aliphatic rings. The lowest BCUT2D eigenvalue weighted by molar-refractivity contribution is 0.201. The van der Waals surface area contributed by atoms with Gasteiger partial charge in [-0.2, -0.15) is 8.99 Å². The van der Waals surface area contributed by atoms with Crippen molar-refractivity contribution in [2.45, 2.75) is 65.0 Å². The number of aromatic nitrogens is 3. The first kappa shape index (κ1) is 21.6. The van der Waals surface area contributed by atoms with E-state index in [1.807, 2.05) is 20.8 Å². The Morgan fingerprint density at radius 2 is 1.72 bits per heavy atom. The van der Waals surface area contributed by atoms with Gasteiger partial charge in [-0.05, 0) is 26.7 Å². The Bertz CT molecular complexity index is 625. The summed E-state index contributed by atoms with van der Waals surface area (Å²) >= 11 is 0. The number of unbranched alkanes of at least 4 members (excludes halogenated alkanes) is 3. The summed E-state index contributed by atoms with van der Waals surface area (Å²) in [5.74, 6) is 0. The van der Waals surface area contributed by atoms with Crippen molar-refractivity contribution in [2.75, 3.05) is 26.2 Å². The molecule has 0 saturated heterocycles. The molecule has 0 unspecified atom stereocenters. The highest BCUT2D eigenvalue weighted by Gasteiger charge is 2.28. The van der Waals surface area contributed by atoms with Crippen LogP contribution in [0.5, 0.6) is 0 Å². The number of amides is 1. The van der Waals surface area contributed by atoms with Gasteiger partial charge < -0.3 is 4.90 Å². The first-order valence-corrected chi connectivity index (χ1v) is 10.6. The molecule has 0 atom stereocenters. The zero-order valence-electron chi connectivity index (χ0n) is 15.8. The molecule has 0 aromatic carbocycles. The van der Waals surface area contributed by atoms with E-state index >= 15 is 0 Å². The minimum atomic E-state index is -3.78. The molecule has 1 amide bonds. The van der Waals surface area contributed by atoms with Gasteiger partial charge in [0, 0.05) is 26.2 Å². The number of nitrogens with zero attached hydrogens (tertiary/aromatic N) is 5. The fraction of sp³-hybridized carbons (Fsp3) is 0.812. The number of sulfonamides is 1. The van der Waals surface area contributed by atoms with Crippen LogP contribution >= 0.6 is 0 Å². The fourth-order valence-electron chi connectivity index (χ4n) is 2.53. The number of rotatable bonds is 11. The molecule has 9 heteroatoms. The summed E-state index contributed by atoms with van der Waals surface area (Å²) in [5.41, 5.74) is 0. The standard InChI is InChI=1S/C16H31N5O3S/c1-5-9-10-11-13-20(12-6-2)25(23,24)15-17-14-21(18-15)16(22)19(7-3)8-4/h14H,5-13H2,1-4H3. The Morgan fingerprint density at radius 1 is 1.04 bits per heavy atom. The minimum absolute atomic E-state index is 0.308. The molecular formula is C16H31N5O3S. The van der Waals surface area contributed by atoms with Crippen molar-refractivity contribution >= 4 is 16.1 Å². The van der Waals surface area contributed by atoms with Crippen LogP contribution in [0.3, 0.4) is 0 Å². The van der Waals surface area contributed by atoms with Gasteiger partial charge in [0.1, 0.15) is 6.33 Å². The average molecular weight is 374 g/mol. The molecule has 0 spiro atoms. The second kappa shape index (κ2) is 10.5. The fourth-order valence-corrected chi connectivity index (χ4v) is 3.92. The SMILES string of the molecule is CCCCCCN(CCC)S(=O)(=O)c1ncn(C(=O)N(CC)CC)n1.